The first-order valence-electron chi connectivity index (χ1n) is 13.8. The molecule has 0 saturated carbocycles. The SMILES string of the molecule is C=C(C)CCCC(Cc1ccc(C(=O)CCCS(=O)(=O)O)cc1)C(=O)Nc1ccc(-c2cc3ccccc3o2)cc1Cl. The monoisotopic (exact) mass is 607 g/mol. The van der Waals surface area contributed by atoms with Crippen LogP contribution in [0.4, 0.5) is 5.69 Å². The fraction of sp³-hybridized carbons (Fsp3) is 0.273. The lowest BCUT2D eigenvalue weighted by Gasteiger charge is -2.18. The number of fused-ring (bicyclic) bond motifs is 1. The van der Waals surface area contributed by atoms with E-state index in [1.807, 2.05) is 55.5 Å². The molecule has 0 aliphatic rings. The van der Waals surface area contributed by atoms with Crippen molar-refractivity contribution in [2.75, 3.05) is 11.1 Å². The number of allylic oxidation sites excluding steroid dienone is 1. The van der Waals surface area contributed by atoms with Gasteiger partial charge in [0.2, 0.25) is 5.91 Å². The summed E-state index contributed by atoms with van der Waals surface area (Å²) in [6, 6.07) is 22.1. The number of carbonyl (C=O) groups excluding carboxylic acids is 2. The molecule has 1 unspecified atom stereocenters. The largest absolute Gasteiger partial charge is 0.456 e. The summed E-state index contributed by atoms with van der Waals surface area (Å²) in [4.78, 5) is 25.9. The van der Waals surface area contributed by atoms with Gasteiger partial charge in [0.15, 0.2) is 5.78 Å². The Morgan fingerprint density at radius 1 is 1.00 bits per heavy atom. The second-order valence-corrected chi connectivity index (χ2v) is 12.6. The van der Waals surface area contributed by atoms with Crippen LogP contribution in [0.1, 0.15) is 54.9 Å². The molecule has 3 aromatic carbocycles. The van der Waals surface area contributed by atoms with E-state index < -0.39 is 15.9 Å². The minimum Gasteiger partial charge on any atom is -0.456 e. The number of anilines is 1. The number of hydrogen-bond acceptors (Lipinski definition) is 5. The highest BCUT2D eigenvalue weighted by atomic mass is 35.5. The number of furan rings is 1. The first kappa shape index (κ1) is 31.2. The Morgan fingerprint density at radius 3 is 2.40 bits per heavy atom. The molecule has 0 bridgehead atoms. The predicted octanol–water partition coefficient (Wildman–Crippen LogP) is 8.15. The van der Waals surface area contributed by atoms with E-state index >= 15 is 0 Å². The summed E-state index contributed by atoms with van der Waals surface area (Å²) in [5, 5.41) is 4.39. The number of rotatable bonds is 14. The molecule has 1 atom stereocenters. The van der Waals surface area contributed by atoms with Gasteiger partial charge in [0.05, 0.1) is 16.5 Å². The molecule has 220 valence electrons. The van der Waals surface area contributed by atoms with Crippen LogP contribution in [0, 0.1) is 5.92 Å². The second-order valence-electron chi connectivity index (χ2n) is 10.6. The third-order valence-corrected chi connectivity index (χ3v) is 8.15. The maximum absolute atomic E-state index is 13.5. The molecule has 2 N–H and O–H groups in total. The van der Waals surface area contributed by atoms with Crippen molar-refractivity contribution >= 4 is 50.1 Å². The number of para-hydroxylation sites is 1. The van der Waals surface area contributed by atoms with Crippen LogP contribution in [0.3, 0.4) is 0 Å². The van der Waals surface area contributed by atoms with Crippen molar-refractivity contribution < 1.29 is 27.0 Å². The van der Waals surface area contributed by atoms with Crippen LogP contribution in [0.15, 0.2) is 89.4 Å². The highest BCUT2D eigenvalue weighted by molar-refractivity contribution is 7.85. The molecule has 0 spiro atoms. The van der Waals surface area contributed by atoms with Gasteiger partial charge in [-0.2, -0.15) is 8.42 Å². The molecule has 4 rings (SSSR count). The molecule has 1 amide bonds. The van der Waals surface area contributed by atoms with E-state index in [0.29, 0.717) is 34.9 Å². The van der Waals surface area contributed by atoms with Crippen molar-refractivity contribution in [3.8, 4) is 11.3 Å². The molecule has 4 aromatic rings. The van der Waals surface area contributed by atoms with E-state index in [9.17, 15) is 18.0 Å². The Labute approximate surface area is 251 Å². The van der Waals surface area contributed by atoms with Gasteiger partial charge in [0.1, 0.15) is 11.3 Å². The van der Waals surface area contributed by atoms with E-state index in [4.69, 9.17) is 20.6 Å². The Kier molecular flexibility index (Phi) is 10.4. The van der Waals surface area contributed by atoms with Gasteiger partial charge in [-0.1, -0.05) is 59.6 Å². The average Bonchev–Trinajstić information content (AvgIpc) is 3.37. The van der Waals surface area contributed by atoms with E-state index in [1.54, 1.807) is 24.3 Å². The molecular formula is C33H34ClNO6S. The summed E-state index contributed by atoms with van der Waals surface area (Å²) in [5.74, 6) is -0.465. The van der Waals surface area contributed by atoms with E-state index in [2.05, 4.69) is 11.9 Å². The number of amides is 1. The van der Waals surface area contributed by atoms with Crippen molar-refractivity contribution in [3.05, 3.63) is 101 Å². The molecule has 9 heteroatoms. The molecule has 0 radical (unpaired) electrons. The molecule has 7 nitrogen and oxygen atoms in total. The van der Waals surface area contributed by atoms with Gasteiger partial charge in [-0.15, -0.1) is 6.58 Å². The summed E-state index contributed by atoms with van der Waals surface area (Å²) >= 11 is 6.59. The van der Waals surface area contributed by atoms with Crippen molar-refractivity contribution in [2.24, 2.45) is 5.92 Å². The lowest BCUT2D eigenvalue weighted by Crippen LogP contribution is -2.25. The summed E-state index contributed by atoms with van der Waals surface area (Å²) in [7, 11) is -4.10. The summed E-state index contributed by atoms with van der Waals surface area (Å²) < 4.78 is 36.6. The zero-order valence-corrected chi connectivity index (χ0v) is 25.0. The average molecular weight is 608 g/mol. The van der Waals surface area contributed by atoms with Crippen molar-refractivity contribution in [3.63, 3.8) is 0 Å². The molecular weight excluding hydrogens is 574 g/mol. The maximum Gasteiger partial charge on any atom is 0.264 e. The van der Waals surface area contributed by atoms with Crippen LogP contribution in [-0.2, 0) is 21.3 Å². The van der Waals surface area contributed by atoms with E-state index in [0.717, 1.165) is 40.5 Å². The quantitative estimate of drug-likeness (QED) is 0.0849. The fourth-order valence-electron chi connectivity index (χ4n) is 4.78. The number of carbonyl (C=O) groups is 2. The number of hydrogen-bond donors (Lipinski definition) is 2. The van der Waals surface area contributed by atoms with Gasteiger partial charge < -0.3 is 9.73 Å². The van der Waals surface area contributed by atoms with Crippen LogP contribution < -0.4 is 5.32 Å². The maximum atomic E-state index is 13.5. The van der Waals surface area contributed by atoms with Gasteiger partial charge in [0.25, 0.3) is 10.1 Å². The summed E-state index contributed by atoms with van der Waals surface area (Å²) in [5.41, 5.74) is 4.50. The normalized spacial score (nSPS) is 12.3. The van der Waals surface area contributed by atoms with Crippen molar-refractivity contribution in [1.29, 1.82) is 0 Å². The topological polar surface area (TPSA) is 114 Å². The Hall–Kier alpha value is -3.72. The van der Waals surface area contributed by atoms with Crippen LogP contribution >= 0.6 is 11.6 Å². The number of benzene rings is 3. The van der Waals surface area contributed by atoms with Crippen LogP contribution in [0.2, 0.25) is 5.02 Å². The Morgan fingerprint density at radius 2 is 1.74 bits per heavy atom. The summed E-state index contributed by atoms with van der Waals surface area (Å²) in [6.07, 6.45) is 2.79. The third kappa shape index (κ3) is 8.89. The Balaban J connectivity index is 1.44. The van der Waals surface area contributed by atoms with Crippen LogP contribution in [0.5, 0.6) is 0 Å². The van der Waals surface area contributed by atoms with Crippen LogP contribution in [-0.4, -0.2) is 30.4 Å². The second kappa shape index (κ2) is 14.0. The lowest BCUT2D eigenvalue weighted by atomic mass is 9.91. The lowest BCUT2D eigenvalue weighted by molar-refractivity contribution is -0.120. The first-order valence-corrected chi connectivity index (χ1v) is 15.8. The summed E-state index contributed by atoms with van der Waals surface area (Å²) in [6.45, 7) is 5.93. The van der Waals surface area contributed by atoms with Gasteiger partial charge in [-0.25, -0.2) is 0 Å². The molecule has 0 saturated heterocycles. The Bertz CT molecular complexity index is 1660. The van der Waals surface area contributed by atoms with Crippen molar-refractivity contribution in [1.82, 2.24) is 0 Å². The van der Waals surface area contributed by atoms with Gasteiger partial charge in [-0.05, 0) is 74.9 Å². The fourth-order valence-corrected chi connectivity index (χ4v) is 5.51. The van der Waals surface area contributed by atoms with Gasteiger partial charge >= 0.3 is 0 Å². The zero-order chi connectivity index (χ0) is 30.3. The molecule has 1 heterocycles. The molecule has 1 aromatic heterocycles. The standard InChI is InChI=1S/C33H34ClNO6S/c1-22(2)7-5-9-27(19-23-12-14-24(15-13-23)30(36)10-6-18-42(38,39)40)33(37)35-29-17-16-26(20-28(29)34)32-21-25-8-3-4-11-31(25)41-32/h3-4,8,11-17,20-21,27H,1,5-7,9-10,18-19H2,2H3,(H,35,37)(H,38,39,40). The minimum absolute atomic E-state index is 0.0148. The smallest absolute Gasteiger partial charge is 0.264 e. The highest BCUT2D eigenvalue weighted by Crippen LogP contribution is 2.33. The highest BCUT2D eigenvalue weighted by Gasteiger charge is 2.21. The van der Waals surface area contributed by atoms with E-state index in [-0.39, 0.29) is 30.4 Å². The minimum atomic E-state index is -4.10. The van der Waals surface area contributed by atoms with Gasteiger partial charge in [0, 0.05) is 28.9 Å². The number of nitrogens with one attached hydrogen (secondary N) is 1. The first-order chi connectivity index (χ1) is 20.0. The molecule has 0 aliphatic heterocycles. The number of Topliss-reactive ketones (excluding diaryl/α,β-unsaturated/α-hetero) is 1. The van der Waals surface area contributed by atoms with E-state index in [1.165, 1.54) is 0 Å². The van der Waals surface area contributed by atoms with Crippen molar-refractivity contribution in [2.45, 2.75) is 45.4 Å². The molecule has 0 fully saturated rings. The third-order valence-electron chi connectivity index (χ3n) is 7.03. The number of ketones is 1. The van der Waals surface area contributed by atoms with Gasteiger partial charge in [-0.3, -0.25) is 14.1 Å². The molecule has 42 heavy (non-hydrogen) atoms. The zero-order valence-electron chi connectivity index (χ0n) is 23.4. The molecule has 0 aliphatic carbocycles. The predicted molar refractivity (Wildman–Crippen MR) is 168 cm³/mol. The number of halogens is 1. The van der Waals surface area contributed by atoms with Crippen LogP contribution in [0.25, 0.3) is 22.3 Å².